The monoisotopic (exact) mass is 267 g/mol. The van der Waals surface area contributed by atoms with Crippen molar-refractivity contribution in [3.8, 4) is 0 Å². The molecule has 2 rings (SSSR count). The maximum atomic E-state index is 12.4. The second-order valence-electron chi connectivity index (χ2n) is 5.32. The molecule has 1 aromatic rings. The van der Waals surface area contributed by atoms with Gasteiger partial charge in [0.1, 0.15) is 0 Å². The first-order valence-corrected chi connectivity index (χ1v) is 6.56. The first-order chi connectivity index (χ1) is 8.39. The van der Waals surface area contributed by atoms with E-state index in [9.17, 15) is 9.90 Å². The Morgan fingerprint density at radius 2 is 2.22 bits per heavy atom. The molecule has 0 aliphatic carbocycles. The molecule has 1 heterocycles. The van der Waals surface area contributed by atoms with E-state index in [0.717, 1.165) is 12.8 Å². The topological polar surface area (TPSA) is 40.5 Å². The van der Waals surface area contributed by atoms with Crippen LogP contribution in [0.3, 0.4) is 0 Å². The summed E-state index contributed by atoms with van der Waals surface area (Å²) < 4.78 is 0. The predicted molar refractivity (Wildman–Crippen MR) is 71.8 cm³/mol. The Bertz CT molecular complexity index is 453. The van der Waals surface area contributed by atoms with E-state index < -0.39 is 5.60 Å². The third-order valence-corrected chi connectivity index (χ3v) is 3.64. The molecular formula is C14H18ClNO2. The zero-order valence-electron chi connectivity index (χ0n) is 10.7. The lowest BCUT2D eigenvalue weighted by atomic mass is 9.96. The quantitative estimate of drug-likeness (QED) is 0.895. The van der Waals surface area contributed by atoms with Crippen LogP contribution in [0.15, 0.2) is 24.3 Å². The Hall–Kier alpha value is -1.06. The van der Waals surface area contributed by atoms with Crippen LogP contribution in [0.1, 0.15) is 37.0 Å². The highest BCUT2D eigenvalue weighted by atomic mass is 35.5. The Balaban J connectivity index is 2.23. The van der Waals surface area contributed by atoms with Crippen LogP contribution in [-0.2, 0) is 0 Å². The van der Waals surface area contributed by atoms with Gasteiger partial charge in [0.25, 0.3) is 5.91 Å². The molecule has 1 saturated heterocycles. The molecule has 1 aliphatic rings. The third kappa shape index (κ3) is 2.68. The van der Waals surface area contributed by atoms with Gasteiger partial charge in [0.2, 0.25) is 0 Å². The molecule has 0 spiro atoms. The number of halogens is 1. The summed E-state index contributed by atoms with van der Waals surface area (Å²) in [6.45, 7) is 4.20. The minimum Gasteiger partial charge on any atom is -0.388 e. The van der Waals surface area contributed by atoms with Crippen LogP contribution in [0, 0.1) is 0 Å². The second-order valence-corrected chi connectivity index (χ2v) is 5.76. The zero-order chi connectivity index (χ0) is 13.3. The fraction of sp³-hybridized carbons (Fsp3) is 0.500. The average Bonchev–Trinajstić information content (AvgIpc) is 2.76. The largest absolute Gasteiger partial charge is 0.388 e. The molecule has 0 saturated carbocycles. The van der Waals surface area contributed by atoms with E-state index >= 15 is 0 Å². The van der Waals surface area contributed by atoms with E-state index in [1.54, 1.807) is 43.0 Å². The zero-order valence-corrected chi connectivity index (χ0v) is 11.4. The number of aliphatic hydroxyl groups is 1. The lowest BCUT2D eigenvalue weighted by Gasteiger charge is -2.33. The molecule has 0 radical (unpaired) electrons. The Kier molecular flexibility index (Phi) is 3.64. The summed E-state index contributed by atoms with van der Waals surface area (Å²) in [5.41, 5.74) is -0.288. The first kappa shape index (κ1) is 13.4. The van der Waals surface area contributed by atoms with Crippen molar-refractivity contribution in [1.29, 1.82) is 0 Å². The van der Waals surface area contributed by atoms with Gasteiger partial charge < -0.3 is 10.0 Å². The van der Waals surface area contributed by atoms with Crippen LogP contribution in [0.5, 0.6) is 0 Å². The summed E-state index contributed by atoms with van der Waals surface area (Å²) >= 11 is 5.90. The van der Waals surface area contributed by atoms with Crippen LogP contribution in [0.4, 0.5) is 0 Å². The highest BCUT2D eigenvalue weighted by molar-refractivity contribution is 6.30. The molecule has 1 atom stereocenters. The molecule has 1 unspecified atom stereocenters. The number of hydrogen-bond donors (Lipinski definition) is 1. The Morgan fingerprint density at radius 1 is 1.50 bits per heavy atom. The van der Waals surface area contributed by atoms with Crippen molar-refractivity contribution in [3.05, 3.63) is 34.9 Å². The smallest absolute Gasteiger partial charge is 0.254 e. The highest BCUT2D eigenvalue weighted by Crippen LogP contribution is 2.28. The van der Waals surface area contributed by atoms with Gasteiger partial charge >= 0.3 is 0 Å². The lowest BCUT2D eigenvalue weighted by Crippen LogP contribution is -2.48. The molecule has 1 fully saturated rings. The van der Waals surface area contributed by atoms with Crippen LogP contribution in [-0.4, -0.2) is 34.1 Å². The van der Waals surface area contributed by atoms with E-state index in [2.05, 4.69) is 0 Å². The number of carbonyl (C=O) groups is 1. The van der Waals surface area contributed by atoms with Crippen LogP contribution >= 0.6 is 11.6 Å². The first-order valence-electron chi connectivity index (χ1n) is 6.18. The van der Waals surface area contributed by atoms with Crippen LogP contribution in [0.25, 0.3) is 0 Å². The van der Waals surface area contributed by atoms with Gasteiger partial charge in [-0.2, -0.15) is 0 Å². The molecule has 1 aromatic carbocycles. The minimum atomic E-state index is -0.870. The number of rotatable bonds is 2. The van der Waals surface area contributed by atoms with Crippen molar-refractivity contribution in [1.82, 2.24) is 4.90 Å². The predicted octanol–water partition coefficient (Wildman–Crippen LogP) is 2.72. The number of carbonyl (C=O) groups excluding carboxylic acids is 1. The maximum Gasteiger partial charge on any atom is 0.254 e. The SMILES string of the molecule is CC(C)(O)C1CCCN1C(=O)c1cccc(Cl)c1. The van der Waals surface area contributed by atoms with E-state index in [0.29, 0.717) is 17.1 Å². The van der Waals surface area contributed by atoms with Crippen molar-refractivity contribution in [3.63, 3.8) is 0 Å². The number of nitrogens with zero attached hydrogens (tertiary/aromatic N) is 1. The summed E-state index contributed by atoms with van der Waals surface area (Å²) in [5, 5.41) is 10.7. The molecule has 1 N–H and O–H groups in total. The summed E-state index contributed by atoms with van der Waals surface area (Å²) in [6, 6.07) is 6.82. The molecule has 4 heteroatoms. The summed E-state index contributed by atoms with van der Waals surface area (Å²) in [6.07, 6.45) is 1.77. The summed E-state index contributed by atoms with van der Waals surface area (Å²) in [4.78, 5) is 14.2. The molecule has 18 heavy (non-hydrogen) atoms. The second kappa shape index (κ2) is 4.90. The average molecular weight is 268 g/mol. The van der Waals surface area contributed by atoms with Gasteiger partial charge in [-0.1, -0.05) is 17.7 Å². The van der Waals surface area contributed by atoms with E-state index in [-0.39, 0.29) is 11.9 Å². The fourth-order valence-electron chi connectivity index (χ4n) is 2.53. The third-order valence-electron chi connectivity index (χ3n) is 3.40. The highest BCUT2D eigenvalue weighted by Gasteiger charge is 2.38. The number of benzene rings is 1. The van der Waals surface area contributed by atoms with Crippen LogP contribution in [0.2, 0.25) is 5.02 Å². The molecule has 1 aliphatic heterocycles. The van der Waals surface area contributed by atoms with Gasteiger partial charge in [-0.3, -0.25) is 4.79 Å². The van der Waals surface area contributed by atoms with Gasteiger partial charge in [0.15, 0.2) is 0 Å². The lowest BCUT2D eigenvalue weighted by molar-refractivity contribution is 0.000337. The van der Waals surface area contributed by atoms with Crippen LogP contribution < -0.4 is 0 Å². The Labute approximate surface area is 112 Å². The van der Waals surface area contributed by atoms with Gasteiger partial charge in [0, 0.05) is 17.1 Å². The molecular weight excluding hydrogens is 250 g/mol. The van der Waals surface area contributed by atoms with E-state index in [1.807, 2.05) is 0 Å². The molecule has 98 valence electrons. The minimum absolute atomic E-state index is 0.0536. The number of likely N-dealkylation sites (tertiary alicyclic amines) is 1. The Morgan fingerprint density at radius 3 is 2.83 bits per heavy atom. The normalized spacial score (nSPS) is 20.2. The molecule has 1 amide bonds. The molecule has 0 bridgehead atoms. The van der Waals surface area contributed by atoms with Gasteiger partial charge in [-0.05, 0) is 44.9 Å². The van der Waals surface area contributed by atoms with Crippen molar-refractivity contribution in [2.75, 3.05) is 6.54 Å². The van der Waals surface area contributed by atoms with Crippen molar-refractivity contribution < 1.29 is 9.90 Å². The maximum absolute atomic E-state index is 12.4. The standard InChI is InChI=1S/C14H18ClNO2/c1-14(2,18)12-7-4-8-16(12)13(17)10-5-3-6-11(15)9-10/h3,5-6,9,12,18H,4,7-8H2,1-2H3. The molecule has 3 nitrogen and oxygen atoms in total. The summed E-state index contributed by atoms with van der Waals surface area (Å²) in [7, 11) is 0. The van der Waals surface area contributed by atoms with Gasteiger partial charge in [-0.15, -0.1) is 0 Å². The van der Waals surface area contributed by atoms with Gasteiger partial charge in [0.05, 0.1) is 11.6 Å². The van der Waals surface area contributed by atoms with Crippen molar-refractivity contribution in [2.24, 2.45) is 0 Å². The van der Waals surface area contributed by atoms with Crippen molar-refractivity contribution >= 4 is 17.5 Å². The number of amides is 1. The van der Waals surface area contributed by atoms with E-state index in [4.69, 9.17) is 11.6 Å². The fourth-order valence-corrected chi connectivity index (χ4v) is 2.72. The molecule has 0 aromatic heterocycles. The van der Waals surface area contributed by atoms with E-state index in [1.165, 1.54) is 0 Å². The van der Waals surface area contributed by atoms with Crippen molar-refractivity contribution in [2.45, 2.75) is 38.3 Å². The van der Waals surface area contributed by atoms with Gasteiger partial charge in [-0.25, -0.2) is 0 Å². The summed E-state index contributed by atoms with van der Waals surface area (Å²) in [5.74, 6) is -0.0536. The number of hydrogen-bond acceptors (Lipinski definition) is 2.